The number of nitrogens with one attached hydrogen (secondary N) is 1. The Morgan fingerprint density at radius 3 is 2.38 bits per heavy atom. The van der Waals surface area contributed by atoms with E-state index in [1.807, 2.05) is 37.3 Å². The summed E-state index contributed by atoms with van der Waals surface area (Å²) in [7, 11) is 0. The third-order valence-corrected chi connectivity index (χ3v) is 6.01. The molecule has 37 heavy (non-hydrogen) atoms. The third-order valence-electron chi connectivity index (χ3n) is 5.69. The number of carbonyl (C=O) groups is 2. The summed E-state index contributed by atoms with van der Waals surface area (Å²) < 4.78 is 24.6. The van der Waals surface area contributed by atoms with Gasteiger partial charge in [-0.2, -0.15) is 0 Å². The lowest BCUT2D eigenvalue weighted by atomic mass is 10.0. The summed E-state index contributed by atoms with van der Waals surface area (Å²) in [6, 6.07) is 21.4. The number of ether oxygens (including phenoxy) is 2. The van der Waals surface area contributed by atoms with E-state index in [1.165, 1.54) is 17.0 Å². The standard InChI is InChI=1S/C29H32ClFN2O4/c1-2-36-18-8-17-32-29(35)26(19-22-9-4-3-5-10-22)33(20-23-13-15-24(31)16-14-23)28(34)21-37-27-12-7-6-11-25(27)30/h3-7,9-16,26H,2,8,17-21H2,1H3,(H,32,35). The molecule has 0 heterocycles. The molecule has 0 spiro atoms. The van der Waals surface area contributed by atoms with E-state index in [1.54, 1.807) is 36.4 Å². The number of rotatable bonds is 14. The minimum atomic E-state index is -0.818. The Balaban J connectivity index is 1.85. The number of carbonyl (C=O) groups excluding carboxylic acids is 2. The first-order valence-corrected chi connectivity index (χ1v) is 12.7. The van der Waals surface area contributed by atoms with Crippen molar-refractivity contribution in [1.29, 1.82) is 0 Å². The lowest BCUT2D eigenvalue weighted by molar-refractivity contribution is -0.142. The van der Waals surface area contributed by atoms with Crippen molar-refractivity contribution in [1.82, 2.24) is 10.2 Å². The van der Waals surface area contributed by atoms with Crippen LogP contribution in [0.15, 0.2) is 78.9 Å². The Morgan fingerprint density at radius 2 is 1.68 bits per heavy atom. The highest BCUT2D eigenvalue weighted by molar-refractivity contribution is 6.32. The molecular weight excluding hydrogens is 495 g/mol. The van der Waals surface area contributed by atoms with Crippen LogP contribution in [0, 0.1) is 5.82 Å². The van der Waals surface area contributed by atoms with E-state index in [0.29, 0.717) is 48.9 Å². The normalized spacial score (nSPS) is 11.5. The van der Waals surface area contributed by atoms with Crippen LogP contribution in [-0.2, 0) is 27.3 Å². The number of para-hydroxylation sites is 1. The summed E-state index contributed by atoms with van der Waals surface area (Å²) in [5.41, 5.74) is 1.59. The van der Waals surface area contributed by atoms with Gasteiger partial charge >= 0.3 is 0 Å². The van der Waals surface area contributed by atoms with Gasteiger partial charge in [0.2, 0.25) is 5.91 Å². The molecule has 1 N–H and O–H groups in total. The van der Waals surface area contributed by atoms with Gasteiger partial charge in [-0.25, -0.2) is 4.39 Å². The van der Waals surface area contributed by atoms with Crippen LogP contribution in [0.5, 0.6) is 5.75 Å². The average Bonchev–Trinajstić information content (AvgIpc) is 2.91. The minimum Gasteiger partial charge on any atom is -0.482 e. The van der Waals surface area contributed by atoms with Gasteiger partial charge < -0.3 is 19.7 Å². The van der Waals surface area contributed by atoms with Crippen molar-refractivity contribution in [2.24, 2.45) is 0 Å². The number of benzene rings is 3. The molecule has 8 heteroatoms. The molecule has 6 nitrogen and oxygen atoms in total. The van der Waals surface area contributed by atoms with Crippen LogP contribution >= 0.6 is 11.6 Å². The van der Waals surface area contributed by atoms with Crippen LogP contribution in [0.1, 0.15) is 24.5 Å². The maximum atomic E-state index is 13.5. The monoisotopic (exact) mass is 526 g/mol. The molecule has 0 bridgehead atoms. The maximum Gasteiger partial charge on any atom is 0.261 e. The number of hydrogen-bond acceptors (Lipinski definition) is 4. The van der Waals surface area contributed by atoms with Crippen molar-refractivity contribution >= 4 is 23.4 Å². The van der Waals surface area contributed by atoms with E-state index >= 15 is 0 Å². The highest BCUT2D eigenvalue weighted by atomic mass is 35.5. The number of nitrogens with zero attached hydrogens (tertiary/aromatic N) is 1. The van der Waals surface area contributed by atoms with Crippen molar-refractivity contribution in [3.63, 3.8) is 0 Å². The van der Waals surface area contributed by atoms with Crippen molar-refractivity contribution in [2.75, 3.05) is 26.4 Å². The van der Waals surface area contributed by atoms with Gasteiger partial charge in [-0.15, -0.1) is 0 Å². The SMILES string of the molecule is CCOCCCNC(=O)C(Cc1ccccc1)N(Cc1ccc(F)cc1)C(=O)COc1ccccc1Cl. The second-order valence-electron chi connectivity index (χ2n) is 8.41. The second kappa shape index (κ2) is 15.0. The van der Waals surface area contributed by atoms with Gasteiger partial charge in [0.25, 0.3) is 5.91 Å². The molecule has 0 aromatic heterocycles. The number of hydrogen-bond donors (Lipinski definition) is 1. The van der Waals surface area contributed by atoms with E-state index in [4.69, 9.17) is 21.1 Å². The Kier molecular flexibility index (Phi) is 11.4. The van der Waals surface area contributed by atoms with Crippen LogP contribution < -0.4 is 10.1 Å². The molecule has 0 aliphatic heterocycles. The first-order valence-electron chi connectivity index (χ1n) is 12.3. The quantitative estimate of drug-likeness (QED) is 0.299. The highest BCUT2D eigenvalue weighted by Gasteiger charge is 2.30. The molecule has 1 atom stereocenters. The predicted octanol–water partition coefficient (Wildman–Crippen LogP) is 5.04. The van der Waals surface area contributed by atoms with Crippen LogP contribution in [0.4, 0.5) is 4.39 Å². The summed E-state index contributed by atoms with van der Waals surface area (Å²) in [6.07, 6.45) is 0.955. The molecule has 196 valence electrons. The zero-order valence-electron chi connectivity index (χ0n) is 20.9. The molecule has 1 unspecified atom stereocenters. The van der Waals surface area contributed by atoms with Gasteiger partial charge in [-0.1, -0.05) is 66.2 Å². The van der Waals surface area contributed by atoms with E-state index in [0.717, 1.165) is 5.56 Å². The lowest BCUT2D eigenvalue weighted by Gasteiger charge is -2.31. The van der Waals surface area contributed by atoms with Gasteiger partial charge in [0.15, 0.2) is 6.61 Å². The summed E-state index contributed by atoms with van der Waals surface area (Å²) in [5, 5.41) is 3.32. The molecule has 3 rings (SSSR count). The van der Waals surface area contributed by atoms with Gasteiger partial charge in [-0.3, -0.25) is 9.59 Å². The van der Waals surface area contributed by atoms with E-state index in [9.17, 15) is 14.0 Å². The van der Waals surface area contributed by atoms with Gasteiger partial charge in [-0.05, 0) is 48.7 Å². The molecule has 3 aromatic carbocycles. The van der Waals surface area contributed by atoms with E-state index < -0.39 is 11.9 Å². The Bertz CT molecular complexity index is 1130. The topological polar surface area (TPSA) is 67.9 Å². The number of amides is 2. The summed E-state index contributed by atoms with van der Waals surface area (Å²) in [5.74, 6) is -0.681. The Morgan fingerprint density at radius 1 is 0.973 bits per heavy atom. The third kappa shape index (κ3) is 9.19. The van der Waals surface area contributed by atoms with Crippen molar-refractivity contribution in [2.45, 2.75) is 32.4 Å². The van der Waals surface area contributed by atoms with Crippen LogP contribution in [-0.4, -0.2) is 49.1 Å². The molecule has 0 aliphatic rings. The van der Waals surface area contributed by atoms with Crippen LogP contribution in [0.2, 0.25) is 5.02 Å². The summed E-state index contributed by atoms with van der Waals surface area (Å²) >= 11 is 6.19. The van der Waals surface area contributed by atoms with Gasteiger partial charge in [0.05, 0.1) is 5.02 Å². The molecule has 0 fully saturated rings. The van der Waals surface area contributed by atoms with Gasteiger partial charge in [0.1, 0.15) is 17.6 Å². The van der Waals surface area contributed by atoms with Gasteiger partial charge in [0, 0.05) is 32.7 Å². The minimum absolute atomic E-state index is 0.106. The first-order chi connectivity index (χ1) is 18.0. The fourth-order valence-corrected chi connectivity index (χ4v) is 3.96. The van der Waals surface area contributed by atoms with E-state index in [-0.39, 0.29) is 24.9 Å². The number of halogens is 2. The molecule has 0 saturated carbocycles. The van der Waals surface area contributed by atoms with Crippen molar-refractivity contribution in [3.8, 4) is 5.75 Å². The molecule has 0 aliphatic carbocycles. The largest absolute Gasteiger partial charge is 0.482 e. The van der Waals surface area contributed by atoms with Crippen molar-refractivity contribution < 1.29 is 23.5 Å². The maximum absolute atomic E-state index is 13.5. The zero-order chi connectivity index (χ0) is 26.5. The van der Waals surface area contributed by atoms with Crippen LogP contribution in [0.3, 0.4) is 0 Å². The Hall–Kier alpha value is -3.42. The molecule has 0 radical (unpaired) electrons. The predicted molar refractivity (Wildman–Crippen MR) is 142 cm³/mol. The van der Waals surface area contributed by atoms with E-state index in [2.05, 4.69) is 5.32 Å². The summed E-state index contributed by atoms with van der Waals surface area (Å²) in [6.45, 7) is 3.26. The van der Waals surface area contributed by atoms with Crippen LogP contribution in [0.25, 0.3) is 0 Å². The molecule has 2 amide bonds. The second-order valence-corrected chi connectivity index (χ2v) is 8.82. The smallest absolute Gasteiger partial charge is 0.261 e. The summed E-state index contributed by atoms with van der Waals surface area (Å²) in [4.78, 5) is 28.4. The molecular formula is C29H32ClFN2O4. The highest BCUT2D eigenvalue weighted by Crippen LogP contribution is 2.23. The molecule has 0 saturated heterocycles. The lowest BCUT2D eigenvalue weighted by Crippen LogP contribution is -2.52. The Labute approximate surface area is 222 Å². The average molecular weight is 527 g/mol. The fraction of sp³-hybridized carbons (Fsp3) is 0.310. The molecule has 3 aromatic rings. The zero-order valence-corrected chi connectivity index (χ0v) is 21.6. The first kappa shape index (κ1) is 28.2. The fourth-order valence-electron chi connectivity index (χ4n) is 3.77. The van der Waals surface area contributed by atoms with Crippen molar-refractivity contribution in [3.05, 3.63) is 101 Å².